The zero-order valence-electron chi connectivity index (χ0n) is 11.5. The summed E-state index contributed by atoms with van der Waals surface area (Å²) >= 11 is 3.33. The van der Waals surface area contributed by atoms with Gasteiger partial charge in [-0.15, -0.1) is 0 Å². The van der Waals surface area contributed by atoms with Crippen molar-refractivity contribution in [2.45, 2.75) is 6.92 Å². The van der Waals surface area contributed by atoms with Crippen molar-refractivity contribution in [3.8, 4) is 5.75 Å². The van der Waals surface area contributed by atoms with E-state index in [1.165, 1.54) is 0 Å². The first kappa shape index (κ1) is 15.3. The molecule has 0 fully saturated rings. The summed E-state index contributed by atoms with van der Waals surface area (Å²) in [5.74, 6) is 0.332. The molecule has 0 bridgehead atoms. The van der Waals surface area contributed by atoms with Gasteiger partial charge in [-0.05, 0) is 42.3 Å². The maximum Gasteiger partial charge on any atom is 0.277 e. The highest BCUT2D eigenvalue weighted by molar-refractivity contribution is 9.10. The Kier molecular flexibility index (Phi) is 5.51. The van der Waals surface area contributed by atoms with Crippen LogP contribution in [0, 0.1) is 6.92 Å². The summed E-state index contributed by atoms with van der Waals surface area (Å²) in [6, 6.07) is 15.1. The Balaban J connectivity index is 1.80. The lowest BCUT2D eigenvalue weighted by Crippen LogP contribution is -2.24. The fourth-order valence-corrected chi connectivity index (χ4v) is 1.88. The van der Waals surface area contributed by atoms with E-state index < -0.39 is 0 Å². The lowest BCUT2D eigenvalue weighted by molar-refractivity contribution is -0.123. The van der Waals surface area contributed by atoms with Crippen LogP contribution < -0.4 is 10.2 Å². The lowest BCUT2D eigenvalue weighted by atomic mass is 10.1. The number of ether oxygens (including phenoxy) is 1. The van der Waals surface area contributed by atoms with Gasteiger partial charge >= 0.3 is 0 Å². The van der Waals surface area contributed by atoms with Crippen molar-refractivity contribution in [1.82, 2.24) is 5.43 Å². The predicted octanol–water partition coefficient (Wildman–Crippen LogP) is 3.29. The summed E-state index contributed by atoms with van der Waals surface area (Å²) in [4.78, 5) is 11.6. The van der Waals surface area contributed by atoms with Gasteiger partial charge in [0.25, 0.3) is 5.91 Å². The zero-order valence-corrected chi connectivity index (χ0v) is 13.1. The van der Waals surface area contributed by atoms with E-state index in [1.807, 2.05) is 43.3 Å². The second kappa shape index (κ2) is 7.59. The molecule has 4 nitrogen and oxygen atoms in total. The van der Waals surface area contributed by atoms with E-state index in [1.54, 1.807) is 18.3 Å². The van der Waals surface area contributed by atoms with E-state index in [9.17, 15) is 4.79 Å². The number of carbonyl (C=O) groups excluding carboxylic acids is 1. The smallest absolute Gasteiger partial charge is 0.277 e. The van der Waals surface area contributed by atoms with Crippen LogP contribution in [0.5, 0.6) is 5.75 Å². The molecule has 0 aliphatic heterocycles. The van der Waals surface area contributed by atoms with Gasteiger partial charge in [-0.2, -0.15) is 5.10 Å². The topological polar surface area (TPSA) is 50.7 Å². The second-order valence-electron chi connectivity index (χ2n) is 4.39. The average molecular weight is 347 g/mol. The number of nitrogens with zero attached hydrogens (tertiary/aromatic N) is 1. The third-order valence-electron chi connectivity index (χ3n) is 2.76. The van der Waals surface area contributed by atoms with Gasteiger partial charge in [-0.1, -0.05) is 40.2 Å². The predicted molar refractivity (Wildman–Crippen MR) is 86.6 cm³/mol. The fourth-order valence-electron chi connectivity index (χ4n) is 1.62. The van der Waals surface area contributed by atoms with Gasteiger partial charge < -0.3 is 4.74 Å². The first-order valence-electron chi connectivity index (χ1n) is 6.41. The zero-order chi connectivity index (χ0) is 15.1. The van der Waals surface area contributed by atoms with Gasteiger partial charge in [0, 0.05) is 4.47 Å². The van der Waals surface area contributed by atoms with Crippen LogP contribution in [0.25, 0.3) is 0 Å². The largest absolute Gasteiger partial charge is 0.484 e. The molecule has 2 aromatic rings. The molecule has 21 heavy (non-hydrogen) atoms. The first-order chi connectivity index (χ1) is 10.1. The standard InChI is InChI=1S/C16H15BrN2O2/c1-12-4-2-3-5-13(12)10-18-19-16(20)11-21-15-8-6-14(17)7-9-15/h2-10H,11H2,1H3,(H,19,20). The Morgan fingerprint density at radius 2 is 1.95 bits per heavy atom. The molecule has 0 heterocycles. The number of rotatable bonds is 5. The van der Waals surface area contributed by atoms with Crippen LogP contribution in [0.4, 0.5) is 0 Å². The summed E-state index contributed by atoms with van der Waals surface area (Å²) in [6.07, 6.45) is 1.62. The summed E-state index contributed by atoms with van der Waals surface area (Å²) in [5, 5.41) is 3.92. The van der Waals surface area contributed by atoms with E-state index in [-0.39, 0.29) is 12.5 Å². The fraction of sp³-hybridized carbons (Fsp3) is 0.125. The van der Waals surface area contributed by atoms with Gasteiger partial charge in [-0.3, -0.25) is 4.79 Å². The normalized spacial score (nSPS) is 10.6. The van der Waals surface area contributed by atoms with Crippen molar-refractivity contribution >= 4 is 28.1 Å². The number of nitrogens with one attached hydrogen (secondary N) is 1. The van der Waals surface area contributed by atoms with Crippen LogP contribution in [0.15, 0.2) is 58.1 Å². The van der Waals surface area contributed by atoms with E-state index in [2.05, 4.69) is 26.5 Å². The molecule has 0 spiro atoms. The number of hydrogen-bond acceptors (Lipinski definition) is 3. The van der Waals surface area contributed by atoms with Crippen LogP contribution in [-0.4, -0.2) is 18.7 Å². The van der Waals surface area contributed by atoms with Crippen molar-refractivity contribution in [1.29, 1.82) is 0 Å². The van der Waals surface area contributed by atoms with Crippen LogP contribution >= 0.6 is 15.9 Å². The molecule has 5 heteroatoms. The Morgan fingerprint density at radius 1 is 1.24 bits per heavy atom. The minimum Gasteiger partial charge on any atom is -0.484 e. The molecule has 0 atom stereocenters. The number of hydrogen-bond donors (Lipinski definition) is 1. The lowest BCUT2D eigenvalue weighted by Gasteiger charge is -2.05. The highest BCUT2D eigenvalue weighted by Gasteiger charge is 2.01. The molecule has 2 rings (SSSR count). The third kappa shape index (κ3) is 5.04. The minimum absolute atomic E-state index is 0.0766. The molecule has 0 aliphatic carbocycles. The van der Waals surface area contributed by atoms with Gasteiger partial charge in [0.1, 0.15) is 5.75 Å². The molecule has 0 aromatic heterocycles. The molecular weight excluding hydrogens is 332 g/mol. The summed E-state index contributed by atoms with van der Waals surface area (Å²) in [6.45, 7) is 1.91. The Labute approximate surface area is 132 Å². The monoisotopic (exact) mass is 346 g/mol. The molecule has 0 unspecified atom stereocenters. The molecule has 0 aliphatic rings. The number of aryl methyl sites for hydroxylation is 1. The van der Waals surface area contributed by atoms with Gasteiger partial charge in [0.2, 0.25) is 0 Å². The van der Waals surface area contributed by atoms with E-state index in [0.717, 1.165) is 15.6 Å². The Morgan fingerprint density at radius 3 is 2.67 bits per heavy atom. The maximum absolute atomic E-state index is 11.6. The highest BCUT2D eigenvalue weighted by Crippen LogP contribution is 2.15. The Hall–Kier alpha value is -2.14. The number of halogens is 1. The third-order valence-corrected chi connectivity index (χ3v) is 3.29. The molecule has 0 saturated carbocycles. The number of hydrazone groups is 1. The minimum atomic E-state index is -0.303. The molecule has 1 N–H and O–H groups in total. The first-order valence-corrected chi connectivity index (χ1v) is 7.20. The highest BCUT2D eigenvalue weighted by atomic mass is 79.9. The van der Waals surface area contributed by atoms with Crippen molar-refractivity contribution in [3.63, 3.8) is 0 Å². The van der Waals surface area contributed by atoms with E-state index in [4.69, 9.17) is 4.74 Å². The van der Waals surface area contributed by atoms with Crippen LogP contribution in [-0.2, 0) is 4.79 Å². The number of carbonyl (C=O) groups is 1. The van der Waals surface area contributed by atoms with E-state index >= 15 is 0 Å². The molecule has 2 aromatic carbocycles. The van der Waals surface area contributed by atoms with Crippen molar-refractivity contribution in [2.75, 3.05) is 6.61 Å². The average Bonchev–Trinajstić information content (AvgIpc) is 2.49. The molecular formula is C16H15BrN2O2. The Bertz CT molecular complexity index is 639. The summed E-state index contributed by atoms with van der Waals surface area (Å²) in [5.41, 5.74) is 4.50. The molecule has 0 saturated heterocycles. The van der Waals surface area contributed by atoms with Gasteiger partial charge in [-0.25, -0.2) is 5.43 Å². The SMILES string of the molecule is Cc1ccccc1C=NNC(=O)COc1ccc(Br)cc1. The van der Waals surface area contributed by atoms with Crippen LogP contribution in [0.3, 0.4) is 0 Å². The van der Waals surface area contributed by atoms with E-state index in [0.29, 0.717) is 5.75 Å². The number of benzene rings is 2. The van der Waals surface area contributed by atoms with Gasteiger partial charge in [0.05, 0.1) is 6.21 Å². The van der Waals surface area contributed by atoms with Crippen LogP contribution in [0.2, 0.25) is 0 Å². The molecule has 1 amide bonds. The molecule has 108 valence electrons. The molecule has 0 radical (unpaired) electrons. The summed E-state index contributed by atoms with van der Waals surface area (Å²) < 4.78 is 6.30. The summed E-state index contributed by atoms with van der Waals surface area (Å²) in [7, 11) is 0. The number of amides is 1. The van der Waals surface area contributed by atoms with Crippen molar-refractivity contribution in [3.05, 3.63) is 64.1 Å². The quantitative estimate of drug-likeness (QED) is 0.667. The maximum atomic E-state index is 11.6. The van der Waals surface area contributed by atoms with Crippen molar-refractivity contribution in [2.24, 2.45) is 5.10 Å². The van der Waals surface area contributed by atoms with Crippen LogP contribution in [0.1, 0.15) is 11.1 Å². The second-order valence-corrected chi connectivity index (χ2v) is 5.31. The van der Waals surface area contributed by atoms with Gasteiger partial charge in [0.15, 0.2) is 6.61 Å². The van der Waals surface area contributed by atoms with Crippen molar-refractivity contribution < 1.29 is 9.53 Å².